The minimum absolute atomic E-state index is 0.155. The van der Waals surface area contributed by atoms with Crippen molar-refractivity contribution in [1.29, 1.82) is 0 Å². The molecule has 1 atom stereocenters. The standard InChI is InChI=1S/C14H18N2O2S2/c1-10-8-9-13(19-10)11(2)16(3)20(17,18)14-7-5-4-6-12(14)15/h4-9,11H,15H2,1-3H3. The monoisotopic (exact) mass is 310 g/mol. The molecule has 0 aliphatic carbocycles. The molecule has 108 valence electrons. The average molecular weight is 310 g/mol. The number of nitrogens with two attached hydrogens (primary N) is 1. The molecule has 0 aliphatic heterocycles. The first-order valence-corrected chi connectivity index (χ1v) is 8.48. The minimum atomic E-state index is -3.59. The predicted octanol–water partition coefficient (Wildman–Crippen LogP) is 3.02. The smallest absolute Gasteiger partial charge is 0.245 e. The van der Waals surface area contributed by atoms with Gasteiger partial charge in [0.1, 0.15) is 4.90 Å². The Morgan fingerprint density at radius 2 is 1.85 bits per heavy atom. The molecule has 0 spiro atoms. The molecule has 1 unspecified atom stereocenters. The van der Waals surface area contributed by atoms with Crippen LogP contribution in [0.5, 0.6) is 0 Å². The summed E-state index contributed by atoms with van der Waals surface area (Å²) in [6, 6.07) is 10.3. The van der Waals surface area contributed by atoms with Crippen molar-refractivity contribution in [2.24, 2.45) is 0 Å². The molecular formula is C14H18N2O2S2. The summed E-state index contributed by atoms with van der Waals surface area (Å²) in [5, 5.41) is 0. The molecule has 2 N–H and O–H groups in total. The van der Waals surface area contributed by atoms with E-state index in [9.17, 15) is 8.42 Å². The van der Waals surface area contributed by atoms with Crippen molar-refractivity contribution in [2.75, 3.05) is 12.8 Å². The number of thiophene rings is 1. The Labute approximate surface area is 123 Å². The SMILES string of the molecule is Cc1ccc(C(C)N(C)S(=O)(=O)c2ccccc2N)s1. The van der Waals surface area contributed by atoms with Crippen LogP contribution in [0, 0.1) is 6.92 Å². The van der Waals surface area contributed by atoms with Crippen molar-refractivity contribution in [2.45, 2.75) is 24.8 Å². The third-order valence-electron chi connectivity index (χ3n) is 3.29. The van der Waals surface area contributed by atoms with Gasteiger partial charge < -0.3 is 5.73 Å². The molecule has 0 saturated carbocycles. The summed E-state index contributed by atoms with van der Waals surface area (Å²) >= 11 is 1.60. The van der Waals surface area contributed by atoms with E-state index in [1.165, 1.54) is 10.4 Å². The second-order valence-corrected chi connectivity index (χ2v) is 7.97. The summed E-state index contributed by atoms with van der Waals surface area (Å²) in [5.74, 6) is 0. The lowest BCUT2D eigenvalue weighted by Crippen LogP contribution is -2.30. The van der Waals surface area contributed by atoms with Crippen LogP contribution in [0.25, 0.3) is 0 Å². The Morgan fingerprint density at radius 1 is 1.20 bits per heavy atom. The van der Waals surface area contributed by atoms with Crippen LogP contribution in [-0.4, -0.2) is 19.8 Å². The predicted molar refractivity (Wildman–Crippen MR) is 83.3 cm³/mol. The molecule has 1 aromatic carbocycles. The van der Waals surface area contributed by atoms with Gasteiger partial charge in [-0.1, -0.05) is 12.1 Å². The van der Waals surface area contributed by atoms with Crippen molar-refractivity contribution in [1.82, 2.24) is 4.31 Å². The van der Waals surface area contributed by atoms with Crippen LogP contribution in [0.4, 0.5) is 5.69 Å². The number of hydrogen-bond acceptors (Lipinski definition) is 4. The average Bonchev–Trinajstić information content (AvgIpc) is 2.84. The number of nitrogen functional groups attached to an aromatic ring is 1. The van der Waals surface area contributed by atoms with E-state index < -0.39 is 10.0 Å². The van der Waals surface area contributed by atoms with Gasteiger partial charge in [-0.25, -0.2) is 8.42 Å². The Morgan fingerprint density at radius 3 is 2.40 bits per heavy atom. The molecule has 1 aromatic heterocycles. The van der Waals surface area contributed by atoms with E-state index >= 15 is 0 Å². The third-order valence-corrected chi connectivity index (χ3v) is 6.47. The second-order valence-electron chi connectivity index (χ2n) is 4.68. The van der Waals surface area contributed by atoms with E-state index in [2.05, 4.69) is 0 Å². The van der Waals surface area contributed by atoms with Crippen LogP contribution in [0.15, 0.2) is 41.3 Å². The van der Waals surface area contributed by atoms with Crippen LogP contribution in [0.2, 0.25) is 0 Å². The zero-order valence-corrected chi connectivity index (χ0v) is 13.3. The van der Waals surface area contributed by atoms with E-state index in [0.29, 0.717) is 0 Å². The van der Waals surface area contributed by atoms with Crippen molar-refractivity contribution >= 4 is 27.0 Å². The molecular weight excluding hydrogens is 292 g/mol. The summed E-state index contributed by atoms with van der Waals surface area (Å²) in [6.07, 6.45) is 0. The van der Waals surface area contributed by atoms with E-state index in [1.807, 2.05) is 26.0 Å². The summed E-state index contributed by atoms with van der Waals surface area (Å²) in [4.78, 5) is 2.34. The third kappa shape index (κ3) is 2.72. The maximum absolute atomic E-state index is 12.6. The van der Waals surface area contributed by atoms with Crippen molar-refractivity contribution < 1.29 is 8.42 Å². The number of hydrogen-bond donors (Lipinski definition) is 1. The Bertz CT molecular complexity index is 707. The molecule has 0 saturated heterocycles. The lowest BCUT2D eigenvalue weighted by Gasteiger charge is -2.24. The topological polar surface area (TPSA) is 63.4 Å². The van der Waals surface area contributed by atoms with Gasteiger partial charge in [0.05, 0.1) is 11.7 Å². The first kappa shape index (κ1) is 15.0. The molecule has 0 fully saturated rings. The fourth-order valence-corrected chi connectivity index (χ4v) is 4.43. The summed E-state index contributed by atoms with van der Waals surface area (Å²) < 4.78 is 26.6. The lowest BCUT2D eigenvalue weighted by atomic mass is 10.3. The first-order valence-electron chi connectivity index (χ1n) is 6.23. The first-order chi connectivity index (χ1) is 9.34. The van der Waals surface area contributed by atoms with Crippen LogP contribution < -0.4 is 5.73 Å². The number of aryl methyl sites for hydroxylation is 1. The van der Waals surface area contributed by atoms with Gasteiger partial charge in [-0.05, 0) is 38.1 Å². The molecule has 0 bridgehead atoms. The maximum atomic E-state index is 12.6. The zero-order valence-electron chi connectivity index (χ0n) is 11.7. The van der Waals surface area contributed by atoms with Gasteiger partial charge in [-0.2, -0.15) is 4.31 Å². The molecule has 2 aromatic rings. The van der Waals surface area contributed by atoms with E-state index in [-0.39, 0.29) is 16.6 Å². The van der Waals surface area contributed by atoms with Gasteiger partial charge in [0, 0.05) is 16.8 Å². The fourth-order valence-electron chi connectivity index (χ4n) is 1.94. The van der Waals surface area contributed by atoms with Gasteiger partial charge in [0.25, 0.3) is 0 Å². The summed E-state index contributed by atoms with van der Waals surface area (Å²) in [5.41, 5.74) is 6.06. The number of benzene rings is 1. The maximum Gasteiger partial charge on any atom is 0.245 e. The zero-order chi connectivity index (χ0) is 14.9. The van der Waals surface area contributed by atoms with Gasteiger partial charge in [0.15, 0.2) is 0 Å². The quantitative estimate of drug-likeness (QED) is 0.883. The highest BCUT2D eigenvalue weighted by Crippen LogP contribution is 2.31. The highest BCUT2D eigenvalue weighted by Gasteiger charge is 2.28. The summed E-state index contributed by atoms with van der Waals surface area (Å²) in [6.45, 7) is 3.88. The number of anilines is 1. The van der Waals surface area contributed by atoms with E-state index in [0.717, 1.165) is 9.75 Å². The van der Waals surface area contributed by atoms with Gasteiger partial charge >= 0.3 is 0 Å². The number of para-hydroxylation sites is 1. The van der Waals surface area contributed by atoms with Gasteiger partial charge in [-0.15, -0.1) is 11.3 Å². The van der Waals surface area contributed by atoms with Crippen LogP contribution in [-0.2, 0) is 10.0 Å². The van der Waals surface area contributed by atoms with Gasteiger partial charge in [0.2, 0.25) is 10.0 Å². The molecule has 1 heterocycles. The highest BCUT2D eigenvalue weighted by atomic mass is 32.2. The molecule has 4 nitrogen and oxygen atoms in total. The van der Waals surface area contributed by atoms with Crippen molar-refractivity contribution in [3.63, 3.8) is 0 Å². The molecule has 20 heavy (non-hydrogen) atoms. The number of nitrogens with zero attached hydrogens (tertiary/aromatic N) is 1. The highest BCUT2D eigenvalue weighted by molar-refractivity contribution is 7.89. The minimum Gasteiger partial charge on any atom is -0.398 e. The molecule has 0 radical (unpaired) electrons. The largest absolute Gasteiger partial charge is 0.398 e. The van der Waals surface area contributed by atoms with Gasteiger partial charge in [-0.3, -0.25) is 0 Å². The summed E-state index contributed by atoms with van der Waals surface area (Å²) in [7, 11) is -2.01. The van der Waals surface area contributed by atoms with Crippen LogP contribution >= 0.6 is 11.3 Å². The molecule has 0 amide bonds. The fraction of sp³-hybridized carbons (Fsp3) is 0.286. The Balaban J connectivity index is 2.37. The van der Waals surface area contributed by atoms with E-state index in [4.69, 9.17) is 5.73 Å². The number of sulfonamides is 1. The molecule has 6 heteroatoms. The lowest BCUT2D eigenvalue weighted by molar-refractivity contribution is 0.403. The second kappa shape index (κ2) is 5.55. The molecule has 0 aliphatic rings. The normalized spacial score (nSPS) is 13.6. The Hall–Kier alpha value is -1.37. The Kier molecular flexibility index (Phi) is 4.17. The van der Waals surface area contributed by atoms with Crippen LogP contribution in [0.1, 0.15) is 22.7 Å². The van der Waals surface area contributed by atoms with Crippen molar-refractivity contribution in [3.8, 4) is 0 Å². The molecule has 2 rings (SSSR count). The van der Waals surface area contributed by atoms with Crippen molar-refractivity contribution in [3.05, 3.63) is 46.2 Å². The number of rotatable bonds is 4. The van der Waals surface area contributed by atoms with Crippen LogP contribution in [0.3, 0.4) is 0 Å². The van der Waals surface area contributed by atoms with E-state index in [1.54, 1.807) is 36.6 Å².